The van der Waals surface area contributed by atoms with E-state index in [1.165, 1.54) is 6.42 Å². The fourth-order valence-corrected chi connectivity index (χ4v) is 0.611. The Morgan fingerprint density at radius 1 is 1.38 bits per heavy atom. The summed E-state index contributed by atoms with van der Waals surface area (Å²) in [5, 5.41) is 0. The van der Waals surface area contributed by atoms with Crippen LogP contribution in [0.2, 0.25) is 0 Å². The van der Waals surface area contributed by atoms with E-state index in [0.29, 0.717) is 6.04 Å². The van der Waals surface area contributed by atoms with Gasteiger partial charge in [0.15, 0.2) is 0 Å². The standard InChI is InChI=1S/C6H16N2/c1-6(8)4-2-3-5-7/h6H,2-5,7-8H2,1H3/t6-/m0/s1. The summed E-state index contributed by atoms with van der Waals surface area (Å²) in [6, 6.07) is 0.349. The number of rotatable bonds is 4. The van der Waals surface area contributed by atoms with Gasteiger partial charge < -0.3 is 11.5 Å². The molecular weight excluding hydrogens is 100 g/mol. The Morgan fingerprint density at radius 3 is 2.38 bits per heavy atom. The summed E-state index contributed by atoms with van der Waals surface area (Å²) in [4.78, 5) is 0. The van der Waals surface area contributed by atoms with Crippen molar-refractivity contribution in [3.8, 4) is 0 Å². The molecule has 0 radical (unpaired) electrons. The van der Waals surface area contributed by atoms with Gasteiger partial charge in [-0.2, -0.15) is 0 Å². The summed E-state index contributed by atoms with van der Waals surface area (Å²) in [5.41, 5.74) is 10.8. The lowest BCUT2D eigenvalue weighted by Gasteiger charge is -2.01. The lowest BCUT2D eigenvalue weighted by atomic mass is 10.1. The molecule has 0 amide bonds. The van der Waals surface area contributed by atoms with Crippen molar-refractivity contribution in [2.45, 2.75) is 32.2 Å². The third-order valence-corrected chi connectivity index (χ3v) is 1.11. The molecule has 0 rings (SSSR count). The number of nitrogens with two attached hydrogens (primary N) is 2. The lowest BCUT2D eigenvalue weighted by molar-refractivity contribution is 0.602. The highest BCUT2D eigenvalue weighted by molar-refractivity contribution is 4.52. The second-order valence-corrected chi connectivity index (χ2v) is 2.26. The molecule has 0 heterocycles. The molecule has 0 saturated carbocycles. The second-order valence-electron chi connectivity index (χ2n) is 2.26. The molecule has 0 aromatic rings. The van der Waals surface area contributed by atoms with E-state index in [1.807, 2.05) is 6.92 Å². The first-order chi connectivity index (χ1) is 3.77. The maximum Gasteiger partial charge on any atom is 0.00104 e. The largest absolute Gasteiger partial charge is 0.330 e. The van der Waals surface area contributed by atoms with Crippen molar-refractivity contribution in [2.75, 3.05) is 6.54 Å². The van der Waals surface area contributed by atoms with Crippen LogP contribution in [-0.2, 0) is 0 Å². The Kier molecular flexibility index (Phi) is 5.01. The molecule has 0 aromatic heterocycles. The van der Waals surface area contributed by atoms with E-state index in [9.17, 15) is 0 Å². The van der Waals surface area contributed by atoms with Crippen LogP contribution < -0.4 is 11.5 Å². The van der Waals surface area contributed by atoms with E-state index >= 15 is 0 Å². The van der Waals surface area contributed by atoms with Gasteiger partial charge in [0.1, 0.15) is 0 Å². The third kappa shape index (κ3) is 5.92. The first-order valence-electron chi connectivity index (χ1n) is 3.23. The zero-order valence-electron chi connectivity index (χ0n) is 5.56. The predicted molar refractivity (Wildman–Crippen MR) is 36.6 cm³/mol. The van der Waals surface area contributed by atoms with E-state index in [-0.39, 0.29) is 0 Å². The molecule has 0 spiro atoms. The van der Waals surface area contributed by atoms with Crippen LogP contribution in [0.3, 0.4) is 0 Å². The van der Waals surface area contributed by atoms with Crippen LogP contribution in [0, 0.1) is 0 Å². The summed E-state index contributed by atoms with van der Waals surface area (Å²) >= 11 is 0. The van der Waals surface area contributed by atoms with Gasteiger partial charge in [0.05, 0.1) is 0 Å². The van der Waals surface area contributed by atoms with Gasteiger partial charge in [-0.15, -0.1) is 0 Å². The lowest BCUT2D eigenvalue weighted by Crippen LogP contribution is -2.14. The average molecular weight is 116 g/mol. The molecule has 0 aliphatic rings. The van der Waals surface area contributed by atoms with E-state index < -0.39 is 0 Å². The summed E-state index contributed by atoms with van der Waals surface area (Å²) in [7, 11) is 0. The fourth-order valence-electron chi connectivity index (χ4n) is 0.611. The monoisotopic (exact) mass is 116 g/mol. The van der Waals surface area contributed by atoms with Crippen molar-refractivity contribution in [3.05, 3.63) is 0 Å². The van der Waals surface area contributed by atoms with Gasteiger partial charge in [0.2, 0.25) is 0 Å². The van der Waals surface area contributed by atoms with Crippen LogP contribution in [-0.4, -0.2) is 12.6 Å². The molecule has 0 aliphatic heterocycles. The molecule has 0 aromatic carbocycles. The topological polar surface area (TPSA) is 52.0 Å². The van der Waals surface area contributed by atoms with E-state index in [0.717, 1.165) is 19.4 Å². The highest BCUT2D eigenvalue weighted by Gasteiger charge is 1.90. The van der Waals surface area contributed by atoms with Crippen molar-refractivity contribution in [2.24, 2.45) is 11.5 Å². The van der Waals surface area contributed by atoms with Crippen LogP contribution in [0.4, 0.5) is 0 Å². The van der Waals surface area contributed by atoms with Crippen molar-refractivity contribution in [1.29, 1.82) is 0 Å². The van der Waals surface area contributed by atoms with Gasteiger partial charge in [-0.3, -0.25) is 0 Å². The molecule has 0 fully saturated rings. The minimum absolute atomic E-state index is 0.349. The highest BCUT2D eigenvalue weighted by atomic mass is 14.6. The molecular formula is C6H16N2. The minimum atomic E-state index is 0.349. The summed E-state index contributed by atoms with van der Waals surface area (Å²) < 4.78 is 0. The van der Waals surface area contributed by atoms with E-state index in [2.05, 4.69) is 0 Å². The maximum absolute atomic E-state index is 5.49. The van der Waals surface area contributed by atoms with Gasteiger partial charge in [-0.25, -0.2) is 0 Å². The Balaban J connectivity index is 2.72. The average Bonchev–Trinajstić information content (AvgIpc) is 1.66. The van der Waals surface area contributed by atoms with Crippen LogP contribution >= 0.6 is 0 Å². The first-order valence-corrected chi connectivity index (χ1v) is 3.23. The van der Waals surface area contributed by atoms with Gasteiger partial charge in [-0.1, -0.05) is 6.42 Å². The van der Waals surface area contributed by atoms with E-state index in [1.54, 1.807) is 0 Å². The Labute approximate surface area is 51.2 Å². The highest BCUT2D eigenvalue weighted by Crippen LogP contribution is 1.95. The normalized spacial score (nSPS) is 13.9. The molecule has 1 atom stereocenters. The van der Waals surface area contributed by atoms with Gasteiger partial charge in [0, 0.05) is 6.04 Å². The SMILES string of the molecule is C[C@H](N)CCCCN. The van der Waals surface area contributed by atoms with Crippen molar-refractivity contribution >= 4 is 0 Å². The molecule has 0 saturated heterocycles. The number of hydrogen-bond acceptors (Lipinski definition) is 2. The molecule has 0 bridgehead atoms. The fraction of sp³-hybridized carbons (Fsp3) is 1.00. The zero-order chi connectivity index (χ0) is 6.41. The zero-order valence-corrected chi connectivity index (χ0v) is 5.56. The van der Waals surface area contributed by atoms with Gasteiger partial charge in [0.25, 0.3) is 0 Å². The number of hydrogen-bond donors (Lipinski definition) is 2. The summed E-state index contributed by atoms with van der Waals surface area (Å²) in [5.74, 6) is 0. The van der Waals surface area contributed by atoms with Gasteiger partial charge >= 0.3 is 0 Å². The summed E-state index contributed by atoms with van der Waals surface area (Å²) in [6.07, 6.45) is 3.40. The van der Waals surface area contributed by atoms with Crippen molar-refractivity contribution in [3.63, 3.8) is 0 Å². The van der Waals surface area contributed by atoms with Crippen LogP contribution in [0.5, 0.6) is 0 Å². The minimum Gasteiger partial charge on any atom is -0.330 e. The smallest absolute Gasteiger partial charge is 0.00104 e. The predicted octanol–water partition coefficient (Wildman–Crippen LogP) is 0.463. The van der Waals surface area contributed by atoms with Crippen molar-refractivity contribution in [1.82, 2.24) is 0 Å². The molecule has 4 N–H and O–H groups in total. The van der Waals surface area contributed by atoms with Gasteiger partial charge in [-0.05, 0) is 26.3 Å². The molecule has 2 heteroatoms. The second kappa shape index (κ2) is 5.06. The molecule has 0 unspecified atom stereocenters. The molecule has 2 nitrogen and oxygen atoms in total. The Hall–Kier alpha value is -0.0800. The first kappa shape index (κ1) is 7.92. The third-order valence-electron chi connectivity index (χ3n) is 1.11. The van der Waals surface area contributed by atoms with Crippen LogP contribution in [0.15, 0.2) is 0 Å². The van der Waals surface area contributed by atoms with Crippen LogP contribution in [0.25, 0.3) is 0 Å². The quantitative estimate of drug-likeness (QED) is 0.524. The number of unbranched alkanes of at least 4 members (excludes halogenated alkanes) is 1. The van der Waals surface area contributed by atoms with Crippen molar-refractivity contribution < 1.29 is 0 Å². The Bertz CT molecular complexity index is 43.8. The Morgan fingerprint density at radius 2 is 2.00 bits per heavy atom. The molecule has 50 valence electrons. The summed E-state index contributed by atoms with van der Waals surface area (Å²) in [6.45, 7) is 2.82. The molecule has 0 aliphatic carbocycles. The van der Waals surface area contributed by atoms with E-state index in [4.69, 9.17) is 11.5 Å². The molecule has 8 heavy (non-hydrogen) atoms. The van der Waals surface area contributed by atoms with Crippen LogP contribution in [0.1, 0.15) is 26.2 Å². The maximum atomic E-state index is 5.49.